The van der Waals surface area contributed by atoms with Crippen LogP contribution < -0.4 is 5.32 Å². The molecule has 0 spiro atoms. The van der Waals surface area contributed by atoms with Gasteiger partial charge in [0.05, 0.1) is 18.8 Å². The Kier molecular flexibility index (Phi) is 5.29. The first kappa shape index (κ1) is 18.7. The fourth-order valence-corrected chi connectivity index (χ4v) is 3.55. The van der Waals surface area contributed by atoms with E-state index >= 15 is 0 Å². The summed E-state index contributed by atoms with van der Waals surface area (Å²) in [6.45, 7) is 2.44. The van der Waals surface area contributed by atoms with Crippen LogP contribution in [0.25, 0.3) is 17.2 Å². The molecule has 0 bridgehead atoms. The average molecular weight is 385 g/mol. The first-order valence-electron chi connectivity index (χ1n) is 9.41. The van der Waals surface area contributed by atoms with E-state index in [1.165, 1.54) is 12.1 Å². The maximum absolute atomic E-state index is 14.0. The van der Waals surface area contributed by atoms with Gasteiger partial charge in [-0.3, -0.25) is 4.79 Å². The summed E-state index contributed by atoms with van der Waals surface area (Å²) in [4.78, 5) is 12.6. The molecule has 0 radical (unpaired) electrons. The second kappa shape index (κ2) is 8.19. The molecule has 4 rings (SSSR count). The molecule has 0 fully saturated rings. The van der Waals surface area contributed by atoms with Gasteiger partial charge in [-0.05, 0) is 70.2 Å². The number of amides is 1. The zero-order valence-electron chi connectivity index (χ0n) is 16.0. The monoisotopic (exact) mass is 385 g/mol. The van der Waals surface area contributed by atoms with Crippen molar-refractivity contribution in [2.24, 2.45) is 0 Å². The van der Waals surface area contributed by atoms with Gasteiger partial charge in [0.25, 0.3) is 0 Å². The van der Waals surface area contributed by atoms with Crippen LogP contribution in [0.2, 0.25) is 0 Å². The largest absolute Gasteiger partial charge is 0.352 e. The number of benzene rings is 2. The quantitative estimate of drug-likeness (QED) is 0.696. The molecule has 1 N–H and O–H groups in total. The van der Waals surface area contributed by atoms with Crippen molar-refractivity contribution in [2.45, 2.75) is 19.9 Å². The molecule has 5 heteroatoms. The van der Waals surface area contributed by atoms with Crippen LogP contribution in [-0.4, -0.2) is 16.1 Å². The van der Waals surface area contributed by atoms with Crippen LogP contribution in [0.3, 0.4) is 0 Å². The van der Waals surface area contributed by atoms with Crippen molar-refractivity contribution in [1.29, 1.82) is 0 Å². The molecule has 0 saturated heterocycles. The second-order valence-electron chi connectivity index (χ2n) is 6.97. The lowest BCUT2D eigenvalue weighted by molar-refractivity contribution is -0.120. The van der Waals surface area contributed by atoms with Crippen LogP contribution in [0.4, 0.5) is 4.39 Å². The van der Waals surface area contributed by atoms with Gasteiger partial charge in [-0.25, -0.2) is 4.39 Å². The Hall–Kier alpha value is -3.60. The van der Waals surface area contributed by atoms with Crippen LogP contribution in [0.1, 0.15) is 35.6 Å². The maximum atomic E-state index is 14.0. The molecule has 1 heterocycles. The third-order valence-corrected chi connectivity index (χ3v) is 5.04. The van der Waals surface area contributed by atoms with Gasteiger partial charge in [0.1, 0.15) is 5.82 Å². The molecule has 144 valence electrons. The zero-order chi connectivity index (χ0) is 20.2. The summed E-state index contributed by atoms with van der Waals surface area (Å²) in [6, 6.07) is 16.3. The summed E-state index contributed by atoms with van der Waals surface area (Å²) in [6.07, 6.45) is 5.49. The Bertz CT molecular complexity index is 1110. The minimum absolute atomic E-state index is 0.0924. The first-order chi connectivity index (χ1) is 14.1. The number of fused-ring (bicyclic) bond motifs is 1. The minimum atomic E-state index is -0.314. The topological polar surface area (TPSA) is 54.9 Å². The van der Waals surface area contributed by atoms with Crippen LogP contribution in [0, 0.1) is 5.82 Å². The average Bonchev–Trinajstić information content (AvgIpc) is 2.99. The molecular weight excluding hydrogens is 365 g/mol. The SMILES string of the molecule is CC1=C(CC(=O)NCc2ccccc2)c2cc(F)ccc2/C1=C\c1ccnnc1. The number of rotatable bonds is 5. The number of allylic oxidation sites excluding steroid dienone is 2. The van der Waals surface area contributed by atoms with E-state index in [4.69, 9.17) is 0 Å². The van der Waals surface area contributed by atoms with Crippen molar-refractivity contribution >= 4 is 23.1 Å². The highest BCUT2D eigenvalue weighted by molar-refractivity contribution is 6.08. The summed E-state index contributed by atoms with van der Waals surface area (Å²) in [7, 11) is 0. The minimum Gasteiger partial charge on any atom is -0.352 e. The summed E-state index contributed by atoms with van der Waals surface area (Å²) in [5, 5.41) is 10.7. The van der Waals surface area contributed by atoms with E-state index in [9.17, 15) is 9.18 Å². The molecule has 1 aromatic heterocycles. The van der Waals surface area contributed by atoms with Gasteiger partial charge in [-0.2, -0.15) is 10.2 Å². The van der Waals surface area contributed by atoms with Crippen LogP contribution >= 0.6 is 0 Å². The molecule has 4 nitrogen and oxygen atoms in total. The molecule has 2 aromatic carbocycles. The number of hydrogen-bond acceptors (Lipinski definition) is 3. The van der Waals surface area contributed by atoms with Crippen LogP contribution in [0.15, 0.2) is 72.6 Å². The predicted molar refractivity (Wildman–Crippen MR) is 112 cm³/mol. The number of nitrogens with zero attached hydrogens (tertiary/aromatic N) is 2. The van der Waals surface area contributed by atoms with E-state index in [2.05, 4.69) is 15.5 Å². The number of hydrogen-bond donors (Lipinski definition) is 1. The molecular formula is C24H20FN3O. The highest BCUT2D eigenvalue weighted by Crippen LogP contribution is 2.43. The standard InChI is InChI=1S/C24H20FN3O/c1-16-21(11-18-9-10-27-28-15-18)20-8-7-19(25)12-23(20)22(16)13-24(29)26-14-17-5-3-2-4-6-17/h2-12,15H,13-14H2,1H3,(H,26,29)/b21-11-. The molecule has 29 heavy (non-hydrogen) atoms. The zero-order valence-corrected chi connectivity index (χ0v) is 16.0. The lowest BCUT2D eigenvalue weighted by Gasteiger charge is -2.08. The number of halogens is 1. The summed E-state index contributed by atoms with van der Waals surface area (Å²) >= 11 is 0. The van der Waals surface area contributed by atoms with Gasteiger partial charge < -0.3 is 5.32 Å². The summed E-state index contributed by atoms with van der Waals surface area (Å²) in [5.74, 6) is -0.407. The number of carbonyl (C=O) groups excluding carboxylic acids is 1. The molecule has 0 unspecified atom stereocenters. The summed E-state index contributed by atoms with van der Waals surface area (Å²) < 4.78 is 14.0. The van der Waals surface area contributed by atoms with Crippen LogP contribution in [-0.2, 0) is 11.3 Å². The second-order valence-corrected chi connectivity index (χ2v) is 6.97. The van der Waals surface area contributed by atoms with Crippen molar-refractivity contribution in [1.82, 2.24) is 15.5 Å². The van der Waals surface area contributed by atoms with E-state index in [1.807, 2.05) is 49.4 Å². The number of aromatic nitrogens is 2. The van der Waals surface area contributed by atoms with E-state index in [0.29, 0.717) is 6.54 Å². The third kappa shape index (κ3) is 4.14. The Labute approximate surface area is 168 Å². The highest BCUT2D eigenvalue weighted by atomic mass is 19.1. The van der Waals surface area contributed by atoms with E-state index in [-0.39, 0.29) is 18.1 Å². The Balaban J connectivity index is 1.62. The normalized spacial score (nSPS) is 14.2. The van der Waals surface area contributed by atoms with Gasteiger partial charge in [0.2, 0.25) is 5.91 Å². The molecule has 0 atom stereocenters. The molecule has 1 aliphatic carbocycles. The lowest BCUT2D eigenvalue weighted by atomic mass is 10.0. The predicted octanol–water partition coefficient (Wildman–Crippen LogP) is 4.65. The number of nitrogens with one attached hydrogen (secondary N) is 1. The van der Waals surface area contributed by atoms with Crippen molar-refractivity contribution < 1.29 is 9.18 Å². The fraction of sp³-hybridized carbons (Fsp3) is 0.125. The molecule has 1 amide bonds. The van der Waals surface area contributed by atoms with Gasteiger partial charge in [-0.15, -0.1) is 0 Å². The van der Waals surface area contributed by atoms with Crippen molar-refractivity contribution in [2.75, 3.05) is 0 Å². The van der Waals surface area contributed by atoms with E-state index in [0.717, 1.165) is 39.0 Å². The van der Waals surface area contributed by atoms with Gasteiger partial charge in [-0.1, -0.05) is 36.4 Å². The highest BCUT2D eigenvalue weighted by Gasteiger charge is 2.25. The maximum Gasteiger partial charge on any atom is 0.224 e. The van der Waals surface area contributed by atoms with E-state index in [1.54, 1.807) is 18.5 Å². The number of carbonyl (C=O) groups is 1. The van der Waals surface area contributed by atoms with Gasteiger partial charge in [0.15, 0.2) is 0 Å². The van der Waals surface area contributed by atoms with Crippen molar-refractivity contribution in [3.63, 3.8) is 0 Å². The molecule has 0 aliphatic heterocycles. The Morgan fingerprint density at radius 2 is 1.90 bits per heavy atom. The Morgan fingerprint density at radius 1 is 1.07 bits per heavy atom. The Morgan fingerprint density at radius 3 is 2.66 bits per heavy atom. The van der Waals surface area contributed by atoms with Crippen molar-refractivity contribution in [3.8, 4) is 0 Å². The van der Waals surface area contributed by atoms with Gasteiger partial charge >= 0.3 is 0 Å². The van der Waals surface area contributed by atoms with Crippen LogP contribution in [0.5, 0.6) is 0 Å². The smallest absolute Gasteiger partial charge is 0.224 e. The van der Waals surface area contributed by atoms with Crippen molar-refractivity contribution in [3.05, 3.63) is 101 Å². The molecule has 1 aliphatic rings. The molecule has 0 saturated carbocycles. The first-order valence-corrected chi connectivity index (χ1v) is 9.41. The fourth-order valence-electron chi connectivity index (χ4n) is 3.55. The summed E-state index contributed by atoms with van der Waals surface area (Å²) in [5.41, 5.74) is 6.42. The third-order valence-electron chi connectivity index (χ3n) is 5.04. The van der Waals surface area contributed by atoms with E-state index < -0.39 is 0 Å². The van der Waals surface area contributed by atoms with Gasteiger partial charge in [0, 0.05) is 6.54 Å². The lowest BCUT2D eigenvalue weighted by Crippen LogP contribution is -2.22. The molecule has 3 aromatic rings.